The summed E-state index contributed by atoms with van der Waals surface area (Å²) >= 11 is 0. The second-order valence-corrected chi connectivity index (χ2v) is 10.8. The van der Waals surface area contributed by atoms with Crippen molar-refractivity contribution in [2.45, 2.75) is 63.6 Å². The van der Waals surface area contributed by atoms with Crippen LogP contribution in [0.1, 0.15) is 55.2 Å². The molecular formula is C29H40N2O4. The van der Waals surface area contributed by atoms with Crippen LogP contribution in [-0.4, -0.2) is 76.5 Å². The van der Waals surface area contributed by atoms with Gasteiger partial charge in [-0.1, -0.05) is 36.4 Å². The smallest absolute Gasteiger partial charge is 0.219 e. The first-order valence-electron chi connectivity index (χ1n) is 12.8. The number of amides is 1. The average molecular weight is 481 g/mol. The second-order valence-electron chi connectivity index (χ2n) is 10.8. The molecule has 2 fully saturated rings. The highest BCUT2D eigenvalue weighted by Gasteiger charge is 2.41. The maximum absolute atomic E-state index is 12.2. The SMILES string of the molecule is CC(=O)N1CCN(CC2(O)CCC(c3ccccc3)CC2)C[C@](O)(COc2ccc(C)c(C)c2)C1. The molecule has 0 radical (unpaired) electrons. The summed E-state index contributed by atoms with van der Waals surface area (Å²) in [7, 11) is 0. The van der Waals surface area contributed by atoms with E-state index in [1.165, 1.54) is 11.1 Å². The van der Waals surface area contributed by atoms with Crippen molar-refractivity contribution in [2.24, 2.45) is 0 Å². The van der Waals surface area contributed by atoms with Crippen molar-refractivity contribution in [1.29, 1.82) is 0 Å². The van der Waals surface area contributed by atoms with E-state index in [0.29, 0.717) is 37.8 Å². The van der Waals surface area contributed by atoms with Gasteiger partial charge in [-0.3, -0.25) is 9.69 Å². The van der Waals surface area contributed by atoms with Crippen LogP contribution in [0.15, 0.2) is 48.5 Å². The minimum absolute atomic E-state index is 0.0569. The molecule has 1 atom stereocenters. The lowest BCUT2D eigenvalue weighted by Crippen LogP contribution is -2.54. The van der Waals surface area contributed by atoms with Crippen molar-refractivity contribution in [2.75, 3.05) is 39.3 Å². The number of carbonyl (C=O) groups excluding carboxylic acids is 1. The quantitative estimate of drug-likeness (QED) is 0.660. The van der Waals surface area contributed by atoms with Gasteiger partial charge in [0.15, 0.2) is 0 Å². The van der Waals surface area contributed by atoms with Crippen molar-refractivity contribution < 1.29 is 19.7 Å². The third kappa shape index (κ3) is 6.63. The molecule has 0 bridgehead atoms. The lowest BCUT2D eigenvalue weighted by atomic mass is 9.76. The highest BCUT2D eigenvalue weighted by molar-refractivity contribution is 5.73. The maximum atomic E-state index is 12.2. The summed E-state index contributed by atoms with van der Waals surface area (Å²) < 4.78 is 6.02. The third-order valence-electron chi connectivity index (χ3n) is 7.83. The van der Waals surface area contributed by atoms with Gasteiger partial charge in [0.1, 0.15) is 18.0 Å². The molecule has 1 aliphatic carbocycles. The first-order chi connectivity index (χ1) is 16.6. The van der Waals surface area contributed by atoms with Crippen molar-refractivity contribution >= 4 is 5.91 Å². The van der Waals surface area contributed by atoms with Gasteiger partial charge in [-0.05, 0) is 74.3 Å². The molecule has 6 heteroatoms. The number of ether oxygens (including phenoxy) is 1. The molecule has 2 N–H and O–H groups in total. The molecule has 4 rings (SSSR count). The topological polar surface area (TPSA) is 73.2 Å². The van der Waals surface area contributed by atoms with E-state index in [4.69, 9.17) is 4.74 Å². The van der Waals surface area contributed by atoms with E-state index < -0.39 is 11.2 Å². The standard InChI is InChI=1S/C29H40N2O4/c1-22-9-10-27(17-23(22)2)35-21-29(34)19-30(15-16-31(20-29)24(3)32)18-28(33)13-11-26(12-14-28)25-7-5-4-6-8-25/h4-10,17,26,33-34H,11-16,18-21H2,1-3H3/t26?,28?,29-/m1/s1. The fraction of sp³-hybridized carbons (Fsp3) is 0.552. The van der Waals surface area contributed by atoms with Crippen LogP contribution in [0, 0.1) is 13.8 Å². The molecule has 2 aromatic carbocycles. The van der Waals surface area contributed by atoms with Crippen molar-refractivity contribution in [1.82, 2.24) is 9.80 Å². The van der Waals surface area contributed by atoms with Gasteiger partial charge in [0.05, 0.1) is 12.1 Å². The van der Waals surface area contributed by atoms with Gasteiger partial charge in [0.25, 0.3) is 0 Å². The first kappa shape index (κ1) is 25.7. The molecule has 0 spiro atoms. The van der Waals surface area contributed by atoms with Crippen LogP contribution in [0.3, 0.4) is 0 Å². The van der Waals surface area contributed by atoms with Gasteiger partial charge in [-0.25, -0.2) is 0 Å². The summed E-state index contributed by atoms with van der Waals surface area (Å²) in [5, 5.41) is 23.0. The van der Waals surface area contributed by atoms with Crippen LogP contribution < -0.4 is 4.74 Å². The normalized spacial score (nSPS) is 27.9. The first-order valence-corrected chi connectivity index (χ1v) is 12.8. The largest absolute Gasteiger partial charge is 0.490 e. The summed E-state index contributed by atoms with van der Waals surface area (Å²) in [5.74, 6) is 1.14. The summed E-state index contributed by atoms with van der Waals surface area (Å²) in [4.78, 5) is 16.0. The van der Waals surface area contributed by atoms with E-state index in [2.05, 4.69) is 36.1 Å². The Labute approximate surface area is 209 Å². The van der Waals surface area contributed by atoms with Crippen LogP contribution in [0.2, 0.25) is 0 Å². The Bertz CT molecular complexity index is 1000. The van der Waals surface area contributed by atoms with Gasteiger partial charge in [-0.15, -0.1) is 0 Å². The average Bonchev–Trinajstić information content (AvgIpc) is 2.99. The van der Waals surface area contributed by atoms with Crippen molar-refractivity contribution in [3.63, 3.8) is 0 Å². The molecule has 1 saturated carbocycles. The van der Waals surface area contributed by atoms with E-state index in [1.54, 1.807) is 11.8 Å². The van der Waals surface area contributed by atoms with E-state index in [9.17, 15) is 15.0 Å². The zero-order valence-corrected chi connectivity index (χ0v) is 21.4. The number of rotatable bonds is 6. The predicted molar refractivity (Wildman–Crippen MR) is 138 cm³/mol. The predicted octanol–water partition coefficient (Wildman–Crippen LogP) is 3.67. The van der Waals surface area contributed by atoms with Crippen LogP contribution in [0.5, 0.6) is 5.75 Å². The number of carbonyl (C=O) groups is 1. The fourth-order valence-electron chi connectivity index (χ4n) is 5.55. The second kappa shape index (κ2) is 10.7. The summed E-state index contributed by atoms with van der Waals surface area (Å²) in [6, 6.07) is 16.4. The van der Waals surface area contributed by atoms with Gasteiger partial charge in [0, 0.05) is 33.1 Å². The Hall–Kier alpha value is -2.41. The van der Waals surface area contributed by atoms with Crippen molar-refractivity contribution in [3.05, 3.63) is 65.2 Å². The van der Waals surface area contributed by atoms with E-state index in [-0.39, 0.29) is 19.1 Å². The number of hydrogen-bond acceptors (Lipinski definition) is 5. The molecule has 1 heterocycles. The van der Waals surface area contributed by atoms with Crippen LogP contribution in [0.25, 0.3) is 0 Å². The minimum Gasteiger partial charge on any atom is -0.490 e. The van der Waals surface area contributed by atoms with E-state index >= 15 is 0 Å². The Morgan fingerprint density at radius 3 is 2.34 bits per heavy atom. The summed E-state index contributed by atoms with van der Waals surface area (Å²) in [6.07, 6.45) is 3.37. The number of nitrogens with zero attached hydrogens (tertiary/aromatic N) is 2. The maximum Gasteiger partial charge on any atom is 0.219 e. The molecule has 35 heavy (non-hydrogen) atoms. The zero-order chi connectivity index (χ0) is 25.1. The number of hydrogen-bond donors (Lipinski definition) is 2. The molecule has 1 aliphatic heterocycles. The Morgan fingerprint density at radius 1 is 0.971 bits per heavy atom. The minimum atomic E-state index is -1.22. The molecule has 0 aromatic heterocycles. The molecule has 0 unspecified atom stereocenters. The number of β-amino-alcohol motifs (C(OH)–C–C–N with tert-alkyl or cyclic N) is 2. The molecule has 2 aliphatic rings. The number of aliphatic hydroxyl groups is 2. The zero-order valence-electron chi connectivity index (χ0n) is 21.4. The van der Waals surface area contributed by atoms with Gasteiger partial charge < -0.3 is 19.8 Å². The van der Waals surface area contributed by atoms with E-state index in [1.807, 2.05) is 31.2 Å². The van der Waals surface area contributed by atoms with E-state index in [0.717, 1.165) is 31.2 Å². The molecule has 2 aromatic rings. The fourth-order valence-corrected chi connectivity index (χ4v) is 5.55. The Balaban J connectivity index is 1.41. The lowest BCUT2D eigenvalue weighted by molar-refractivity contribution is -0.132. The Morgan fingerprint density at radius 2 is 1.69 bits per heavy atom. The van der Waals surface area contributed by atoms with Crippen LogP contribution in [-0.2, 0) is 4.79 Å². The third-order valence-corrected chi connectivity index (χ3v) is 7.83. The number of aryl methyl sites for hydroxylation is 2. The monoisotopic (exact) mass is 480 g/mol. The lowest BCUT2D eigenvalue weighted by Gasteiger charge is -2.40. The molecule has 1 amide bonds. The molecule has 190 valence electrons. The molecular weight excluding hydrogens is 440 g/mol. The Kier molecular flexibility index (Phi) is 7.84. The molecule has 1 saturated heterocycles. The highest BCUT2D eigenvalue weighted by Crippen LogP contribution is 2.38. The number of benzene rings is 2. The summed E-state index contributed by atoms with van der Waals surface area (Å²) in [5.41, 5.74) is 1.66. The van der Waals surface area contributed by atoms with Gasteiger partial charge in [-0.2, -0.15) is 0 Å². The van der Waals surface area contributed by atoms with Crippen LogP contribution >= 0.6 is 0 Å². The van der Waals surface area contributed by atoms with Crippen molar-refractivity contribution in [3.8, 4) is 5.75 Å². The summed E-state index contributed by atoms with van der Waals surface area (Å²) in [6.45, 7) is 7.94. The molecule has 6 nitrogen and oxygen atoms in total. The van der Waals surface area contributed by atoms with Gasteiger partial charge >= 0.3 is 0 Å². The van der Waals surface area contributed by atoms with Gasteiger partial charge in [0.2, 0.25) is 5.91 Å². The van der Waals surface area contributed by atoms with Crippen LogP contribution in [0.4, 0.5) is 0 Å². The highest BCUT2D eigenvalue weighted by atomic mass is 16.5.